The van der Waals surface area contributed by atoms with Gasteiger partial charge < -0.3 is 15.0 Å². The zero-order chi connectivity index (χ0) is 20.8. The number of thiocarbonyl (C=S) groups is 1. The van der Waals surface area contributed by atoms with Crippen LogP contribution in [0, 0.1) is 0 Å². The minimum atomic E-state index is 0.483. The van der Waals surface area contributed by atoms with E-state index in [9.17, 15) is 0 Å². The molecule has 3 aromatic rings. The normalized spacial score (nSPS) is 10.7. The minimum Gasteiger partial charge on any atom is -0.496 e. The van der Waals surface area contributed by atoms with E-state index >= 15 is 0 Å². The molecule has 0 aliphatic carbocycles. The topological polar surface area (TPSA) is 24.5 Å². The Morgan fingerprint density at radius 3 is 2.34 bits per heavy atom. The van der Waals surface area contributed by atoms with E-state index < -0.39 is 0 Å². The quantitative estimate of drug-likeness (QED) is 0.394. The largest absolute Gasteiger partial charge is 0.496 e. The summed E-state index contributed by atoms with van der Waals surface area (Å²) in [4.78, 5) is 2.09. The number of rotatable bonds is 6. The van der Waals surface area contributed by atoms with Crippen LogP contribution in [-0.4, -0.2) is 12.2 Å². The van der Waals surface area contributed by atoms with E-state index in [1.165, 1.54) is 5.56 Å². The fourth-order valence-corrected chi connectivity index (χ4v) is 3.77. The van der Waals surface area contributed by atoms with Crippen molar-refractivity contribution < 1.29 is 4.74 Å². The summed E-state index contributed by atoms with van der Waals surface area (Å²) >= 11 is 9.36. The molecule has 0 unspecified atom stereocenters. The van der Waals surface area contributed by atoms with Crippen molar-refractivity contribution in [3.05, 3.63) is 88.4 Å². The van der Waals surface area contributed by atoms with Crippen molar-refractivity contribution in [2.45, 2.75) is 26.3 Å². The van der Waals surface area contributed by atoms with Crippen molar-refractivity contribution in [2.24, 2.45) is 0 Å². The van der Waals surface area contributed by atoms with Gasteiger partial charge >= 0.3 is 0 Å². The van der Waals surface area contributed by atoms with Gasteiger partial charge in [0.15, 0.2) is 5.11 Å². The maximum atomic E-state index is 5.80. The molecule has 0 radical (unpaired) electrons. The zero-order valence-electron chi connectivity index (χ0n) is 16.9. The smallest absolute Gasteiger partial charge is 0.178 e. The van der Waals surface area contributed by atoms with Crippen LogP contribution in [0.1, 0.15) is 30.9 Å². The third-order valence-corrected chi connectivity index (χ3v) is 5.53. The van der Waals surface area contributed by atoms with Crippen LogP contribution in [0.25, 0.3) is 0 Å². The lowest BCUT2D eigenvalue weighted by Crippen LogP contribution is -2.34. The molecule has 29 heavy (non-hydrogen) atoms. The molecule has 0 atom stereocenters. The highest BCUT2D eigenvalue weighted by Gasteiger charge is 2.16. The molecule has 0 aliphatic rings. The van der Waals surface area contributed by atoms with Gasteiger partial charge in [-0.1, -0.05) is 60.1 Å². The van der Waals surface area contributed by atoms with Crippen molar-refractivity contribution >= 4 is 44.6 Å². The molecule has 3 rings (SSSR count). The molecule has 0 amide bonds. The van der Waals surface area contributed by atoms with Crippen molar-refractivity contribution in [2.75, 3.05) is 17.3 Å². The highest BCUT2D eigenvalue weighted by atomic mass is 79.9. The molecule has 0 heterocycles. The standard InChI is InChI=1S/C24H25BrN2OS/c1-17(2)18-9-12-22(13-10-18)27(24(29)26-21-7-5-4-6-8-21)16-19-15-20(25)11-14-23(19)28-3/h4-15,17H,16H2,1-3H3,(H,26,29). The Morgan fingerprint density at radius 2 is 1.72 bits per heavy atom. The lowest BCUT2D eigenvalue weighted by Gasteiger charge is -2.27. The molecule has 3 aromatic carbocycles. The van der Waals surface area contributed by atoms with E-state index in [1.54, 1.807) is 7.11 Å². The lowest BCUT2D eigenvalue weighted by atomic mass is 10.0. The number of benzene rings is 3. The zero-order valence-corrected chi connectivity index (χ0v) is 19.3. The van der Waals surface area contributed by atoms with Crippen molar-refractivity contribution in [1.82, 2.24) is 0 Å². The second kappa shape index (κ2) is 9.90. The number of para-hydroxylation sites is 1. The number of hydrogen-bond acceptors (Lipinski definition) is 2. The van der Waals surface area contributed by atoms with Crippen LogP contribution in [0.2, 0.25) is 0 Å². The van der Waals surface area contributed by atoms with Crippen molar-refractivity contribution in [3.63, 3.8) is 0 Å². The van der Waals surface area contributed by atoms with Crippen molar-refractivity contribution in [1.29, 1.82) is 0 Å². The highest BCUT2D eigenvalue weighted by Crippen LogP contribution is 2.28. The summed E-state index contributed by atoms with van der Waals surface area (Å²) in [6.45, 7) is 4.98. The molecule has 0 aliphatic heterocycles. The maximum absolute atomic E-state index is 5.80. The van der Waals surface area contributed by atoms with Crippen LogP contribution in [0.15, 0.2) is 77.3 Å². The first kappa shape index (κ1) is 21.3. The Hall–Kier alpha value is -2.37. The van der Waals surface area contributed by atoms with E-state index in [0.717, 1.165) is 27.2 Å². The Kier molecular flexibility index (Phi) is 7.29. The highest BCUT2D eigenvalue weighted by molar-refractivity contribution is 9.10. The van der Waals surface area contributed by atoms with Crippen LogP contribution in [-0.2, 0) is 6.54 Å². The van der Waals surface area contributed by atoms with Gasteiger partial charge in [0.05, 0.1) is 13.7 Å². The molecular formula is C24H25BrN2OS. The number of hydrogen-bond donors (Lipinski definition) is 1. The van der Waals surface area contributed by atoms with Gasteiger partial charge in [0.2, 0.25) is 0 Å². The van der Waals surface area contributed by atoms with E-state index in [2.05, 4.69) is 70.3 Å². The predicted molar refractivity (Wildman–Crippen MR) is 130 cm³/mol. The van der Waals surface area contributed by atoms with Crippen LogP contribution < -0.4 is 15.0 Å². The molecule has 1 N–H and O–H groups in total. The first-order chi connectivity index (χ1) is 14.0. The predicted octanol–water partition coefficient (Wildman–Crippen LogP) is 6.98. The lowest BCUT2D eigenvalue weighted by molar-refractivity contribution is 0.409. The molecule has 0 bridgehead atoms. The van der Waals surface area contributed by atoms with E-state index in [0.29, 0.717) is 17.6 Å². The van der Waals surface area contributed by atoms with Gasteiger partial charge in [-0.2, -0.15) is 0 Å². The number of ether oxygens (including phenoxy) is 1. The molecule has 0 saturated carbocycles. The van der Waals surface area contributed by atoms with Crippen molar-refractivity contribution in [3.8, 4) is 5.75 Å². The summed E-state index contributed by atoms with van der Waals surface area (Å²) in [5, 5.41) is 3.99. The second-order valence-electron chi connectivity index (χ2n) is 7.08. The first-order valence-corrected chi connectivity index (χ1v) is 10.7. The van der Waals surface area contributed by atoms with E-state index in [1.807, 2.05) is 42.5 Å². The molecule has 3 nitrogen and oxygen atoms in total. The molecule has 0 spiro atoms. The van der Waals surface area contributed by atoms with Gasteiger partial charge in [-0.25, -0.2) is 0 Å². The molecule has 0 fully saturated rings. The first-order valence-electron chi connectivity index (χ1n) is 9.54. The van der Waals surface area contributed by atoms with Crippen LogP contribution in [0.4, 0.5) is 11.4 Å². The summed E-state index contributed by atoms with van der Waals surface area (Å²) in [6.07, 6.45) is 0. The minimum absolute atomic E-state index is 0.483. The van der Waals surface area contributed by atoms with Crippen LogP contribution >= 0.6 is 28.1 Å². The third-order valence-electron chi connectivity index (χ3n) is 4.71. The average Bonchev–Trinajstić information content (AvgIpc) is 2.73. The summed E-state index contributed by atoms with van der Waals surface area (Å²) in [5.74, 6) is 1.32. The number of nitrogens with zero attached hydrogens (tertiary/aromatic N) is 1. The van der Waals surface area contributed by atoms with Crippen LogP contribution in [0.5, 0.6) is 5.75 Å². The van der Waals surface area contributed by atoms with Gasteiger partial charge in [0.1, 0.15) is 5.75 Å². The summed E-state index contributed by atoms with van der Waals surface area (Å²) < 4.78 is 6.58. The second-order valence-corrected chi connectivity index (χ2v) is 8.39. The SMILES string of the molecule is COc1ccc(Br)cc1CN(C(=S)Nc1ccccc1)c1ccc(C(C)C)cc1. The number of methoxy groups -OCH3 is 1. The van der Waals surface area contributed by atoms with Gasteiger partial charge in [0.25, 0.3) is 0 Å². The van der Waals surface area contributed by atoms with Gasteiger partial charge in [-0.05, 0) is 66.2 Å². The third kappa shape index (κ3) is 5.58. The number of anilines is 2. The van der Waals surface area contributed by atoms with Gasteiger partial charge in [-0.3, -0.25) is 0 Å². The van der Waals surface area contributed by atoms with E-state index in [-0.39, 0.29) is 0 Å². The summed E-state index contributed by atoms with van der Waals surface area (Å²) in [7, 11) is 1.69. The summed E-state index contributed by atoms with van der Waals surface area (Å²) in [5.41, 5.74) is 4.34. The maximum Gasteiger partial charge on any atom is 0.178 e. The monoisotopic (exact) mass is 468 g/mol. The molecule has 0 saturated heterocycles. The number of halogens is 1. The Balaban J connectivity index is 1.94. The van der Waals surface area contributed by atoms with Gasteiger partial charge in [-0.15, -0.1) is 0 Å². The molecule has 150 valence electrons. The Morgan fingerprint density at radius 1 is 1.03 bits per heavy atom. The fraction of sp³-hybridized carbons (Fsp3) is 0.208. The van der Waals surface area contributed by atoms with Gasteiger partial charge in [0, 0.05) is 21.4 Å². The summed E-state index contributed by atoms with van der Waals surface area (Å²) in [6, 6.07) is 24.6. The Labute approximate surface area is 186 Å². The van der Waals surface area contributed by atoms with Crippen LogP contribution in [0.3, 0.4) is 0 Å². The molecular weight excluding hydrogens is 444 g/mol. The molecule has 5 heteroatoms. The Bertz CT molecular complexity index is 958. The fourth-order valence-electron chi connectivity index (χ4n) is 3.07. The molecule has 0 aromatic heterocycles. The number of nitrogens with one attached hydrogen (secondary N) is 1. The van der Waals surface area contributed by atoms with E-state index in [4.69, 9.17) is 17.0 Å². The average molecular weight is 469 g/mol.